The van der Waals surface area contributed by atoms with E-state index in [1.54, 1.807) is 42.2 Å². The molecule has 1 fully saturated rings. The third-order valence-corrected chi connectivity index (χ3v) is 7.55. The van der Waals surface area contributed by atoms with Gasteiger partial charge in [-0.05, 0) is 37.3 Å². The Hall–Kier alpha value is -2.31. The second kappa shape index (κ2) is 9.23. The lowest BCUT2D eigenvalue weighted by atomic mass is 10.2. The summed E-state index contributed by atoms with van der Waals surface area (Å²) in [6.45, 7) is 2.28. The highest BCUT2D eigenvalue weighted by Crippen LogP contribution is 2.32. The summed E-state index contributed by atoms with van der Waals surface area (Å²) >= 11 is 12.1. The third kappa shape index (κ3) is 4.71. The molecule has 0 bridgehead atoms. The summed E-state index contributed by atoms with van der Waals surface area (Å²) in [7, 11) is -3.88. The van der Waals surface area contributed by atoms with Gasteiger partial charge in [-0.2, -0.15) is 9.57 Å². The van der Waals surface area contributed by atoms with Crippen LogP contribution in [0.25, 0.3) is 0 Å². The van der Waals surface area contributed by atoms with Gasteiger partial charge < -0.3 is 9.64 Å². The molecule has 10 heteroatoms. The van der Waals surface area contributed by atoms with E-state index in [0.29, 0.717) is 11.3 Å². The first-order chi connectivity index (χ1) is 14.2. The summed E-state index contributed by atoms with van der Waals surface area (Å²) in [5, 5.41) is 9.08. The van der Waals surface area contributed by atoms with Gasteiger partial charge in [0.25, 0.3) is 5.91 Å². The van der Waals surface area contributed by atoms with Gasteiger partial charge in [-0.3, -0.25) is 4.79 Å². The minimum atomic E-state index is -3.88. The van der Waals surface area contributed by atoms with Gasteiger partial charge in [0.05, 0.1) is 21.7 Å². The molecule has 0 radical (unpaired) electrons. The highest BCUT2D eigenvalue weighted by Gasteiger charge is 2.34. The number of rotatable bonds is 5. The molecule has 1 aliphatic rings. The summed E-state index contributed by atoms with van der Waals surface area (Å²) in [6, 6.07) is 13.1. The highest BCUT2D eigenvalue weighted by molar-refractivity contribution is 7.89. The number of carbonyl (C=O) groups excluding carboxylic acids is 1. The second-order valence-electron chi connectivity index (χ2n) is 6.68. The maximum absolute atomic E-state index is 12.9. The quantitative estimate of drug-likeness (QED) is 0.673. The van der Waals surface area contributed by atoms with Gasteiger partial charge >= 0.3 is 0 Å². The number of halogens is 2. The Morgan fingerprint density at radius 3 is 2.30 bits per heavy atom. The zero-order chi connectivity index (χ0) is 21.9. The van der Waals surface area contributed by atoms with Crippen LogP contribution < -0.4 is 4.74 Å². The number of piperazine rings is 1. The van der Waals surface area contributed by atoms with Crippen LogP contribution in [0.5, 0.6) is 5.75 Å². The lowest BCUT2D eigenvalue weighted by Gasteiger charge is -2.35. The first-order valence-corrected chi connectivity index (χ1v) is 11.3. The number of nitrogens with zero attached hydrogens (tertiary/aromatic N) is 3. The Bertz CT molecular complexity index is 1070. The molecule has 1 unspecified atom stereocenters. The third-order valence-electron chi connectivity index (χ3n) is 4.69. The maximum Gasteiger partial charge on any atom is 0.263 e. The summed E-state index contributed by atoms with van der Waals surface area (Å²) in [5.74, 6) is 0.162. The standard InChI is InChI=1S/C20H19Cl2N3O4S/c1-14(29-16-5-2-4-15(12-16)13-23)20(26)24-8-10-25(11-9-24)30(27,28)19-17(21)6-3-7-18(19)22/h2-7,12,14H,8-11H2,1H3. The molecule has 0 saturated carbocycles. The lowest BCUT2D eigenvalue weighted by Crippen LogP contribution is -2.53. The molecule has 30 heavy (non-hydrogen) atoms. The first kappa shape index (κ1) is 22.4. The molecule has 2 aromatic rings. The zero-order valence-electron chi connectivity index (χ0n) is 16.1. The summed E-state index contributed by atoms with van der Waals surface area (Å²) in [4.78, 5) is 14.1. The molecule has 1 saturated heterocycles. The van der Waals surface area contributed by atoms with Crippen molar-refractivity contribution in [3.05, 3.63) is 58.1 Å². The van der Waals surface area contributed by atoms with E-state index in [0.717, 1.165) is 0 Å². The Morgan fingerprint density at radius 1 is 1.10 bits per heavy atom. The minimum absolute atomic E-state index is 0.0580. The van der Waals surface area contributed by atoms with E-state index in [1.165, 1.54) is 16.4 Å². The number of amides is 1. The number of hydrogen-bond donors (Lipinski definition) is 0. The van der Waals surface area contributed by atoms with Crippen molar-refractivity contribution in [1.29, 1.82) is 5.26 Å². The maximum atomic E-state index is 12.9. The van der Waals surface area contributed by atoms with Gasteiger partial charge in [-0.1, -0.05) is 35.3 Å². The fourth-order valence-electron chi connectivity index (χ4n) is 3.16. The molecular formula is C20H19Cl2N3O4S. The van der Waals surface area contributed by atoms with E-state index in [4.69, 9.17) is 33.2 Å². The van der Waals surface area contributed by atoms with Gasteiger partial charge in [-0.25, -0.2) is 8.42 Å². The molecular weight excluding hydrogens is 449 g/mol. The molecule has 7 nitrogen and oxygen atoms in total. The fourth-order valence-corrected chi connectivity index (χ4v) is 5.67. The fraction of sp³-hybridized carbons (Fsp3) is 0.300. The van der Waals surface area contributed by atoms with Crippen LogP contribution in [0.2, 0.25) is 10.0 Å². The SMILES string of the molecule is CC(Oc1cccc(C#N)c1)C(=O)N1CCN(S(=O)(=O)c2c(Cl)cccc2Cl)CC1. The van der Waals surface area contributed by atoms with Crippen LogP contribution in [0.15, 0.2) is 47.4 Å². The van der Waals surface area contributed by atoms with E-state index in [-0.39, 0.29) is 47.0 Å². The lowest BCUT2D eigenvalue weighted by molar-refractivity contribution is -0.139. The molecule has 1 aliphatic heterocycles. The summed E-state index contributed by atoms with van der Waals surface area (Å²) in [5.41, 5.74) is 0.434. The number of benzene rings is 2. The van der Waals surface area contributed by atoms with Gasteiger partial charge in [-0.15, -0.1) is 0 Å². The van der Waals surface area contributed by atoms with Crippen molar-refractivity contribution in [2.75, 3.05) is 26.2 Å². The normalized spacial score (nSPS) is 16.0. The Kier molecular flexibility index (Phi) is 6.88. The van der Waals surface area contributed by atoms with Gasteiger partial charge in [0.2, 0.25) is 10.0 Å². The number of carbonyl (C=O) groups is 1. The van der Waals surface area contributed by atoms with Crippen molar-refractivity contribution in [3.63, 3.8) is 0 Å². The van der Waals surface area contributed by atoms with Crippen molar-refractivity contribution >= 4 is 39.1 Å². The molecule has 1 heterocycles. The van der Waals surface area contributed by atoms with Gasteiger partial charge in [0, 0.05) is 26.2 Å². The van der Waals surface area contributed by atoms with Crippen molar-refractivity contribution in [3.8, 4) is 11.8 Å². The highest BCUT2D eigenvalue weighted by atomic mass is 35.5. The molecule has 2 aromatic carbocycles. The van der Waals surface area contributed by atoms with Crippen LogP contribution in [-0.4, -0.2) is 55.8 Å². The number of nitriles is 1. The average Bonchev–Trinajstić information content (AvgIpc) is 2.73. The van der Waals surface area contributed by atoms with Crippen LogP contribution in [-0.2, 0) is 14.8 Å². The Morgan fingerprint density at radius 2 is 1.70 bits per heavy atom. The summed E-state index contributed by atoms with van der Waals surface area (Å²) in [6.07, 6.45) is -0.778. The van der Waals surface area contributed by atoms with Crippen LogP contribution in [0.4, 0.5) is 0 Å². The van der Waals surface area contributed by atoms with Crippen molar-refractivity contribution in [2.24, 2.45) is 0 Å². The monoisotopic (exact) mass is 467 g/mol. The van der Waals surface area contributed by atoms with Crippen molar-refractivity contribution in [1.82, 2.24) is 9.21 Å². The van der Waals surface area contributed by atoms with E-state index in [1.807, 2.05) is 6.07 Å². The van der Waals surface area contributed by atoms with E-state index in [2.05, 4.69) is 0 Å². The first-order valence-electron chi connectivity index (χ1n) is 9.14. The van der Waals surface area contributed by atoms with Crippen LogP contribution in [0.1, 0.15) is 12.5 Å². The molecule has 1 amide bonds. The Balaban J connectivity index is 1.64. The van der Waals surface area contributed by atoms with Crippen molar-refractivity contribution < 1.29 is 17.9 Å². The van der Waals surface area contributed by atoms with Crippen LogP contribution in [0.3, 0.4) is 0 Å². The minimum Gasteiger partial charge on any atom is -0.481 e. The topological polar surface area (TPSA) is 90.7 Å². The predicted octanol–water partition coefficient (Wildman–Crippen LogP) is 3.17. The zero-order valence-corrected chi connectivity index (χ0v) is 18.4. The van der Waals surface area contributed by atoms with E-state index >= 15 is 0 Å². The van der Waals surface area contributed by atoms with Gasteiger partial charge in [0.1, 0.15) is 10.6 Å². The second-order valence-corrected chi connectivity index (χ2v) is 9.37. The average molecular weight is 468 g/mol. The molecule has 158 valence electrons. The molecule has 3 rings (SSSR count). The van der Waals surface area contributed by atoms with Gasteiger partial charge in [0.15, 0.2) is 6.10 Å². The van der Waals surface area contributed by atoms with Crippen LogP contribution in [0, 0.1) is 11.3 Å². The Labute approximate surface area is 185 Å². The van der Waals surface area contributed by atoms with E-state index in [9.17, 15) is 13.2 Å². The molecule has 0 N–H and O–H groups in total. The molecule has 0 aliphatic carbocycles. The summed E-state index contributed by atoms with van der Waals surface area (Å²) < 4.78 is 32.8. The van der Waals surface area contributed by atoms with Crippen LogP contribution >= 0.6 is 23.2 Å². The predicted molar refractivity (Wildman–Crippen MR) is 113 cm³/mol. The van der Waals surface area contributed by atoms with E-state index < -0.39 is 16.1 Å². The number of sulfonamides is 1. The molecule has 0 aromatic heterocycles. The smallest absolute Gasteiger partial charge is 0.263 e. The van der Waals surface area contributed by atoms with Crippen molar-refractivity contribution in [2.45, 2.75) is 17.9 Å². The molecule has 1 atom stereocenters. The number of hydrogen-bond acceptors (Lipinski definition) is 5. The molecule has 0 spiro atoms. The number of ether oxygens (including phenoxy) is 1. The largest absolute Gasteiger partial charge is 0.481 e.